The Bertz CT molecular complexity index is 2880. The van der Waals surface area contributed by atoms with Gasteiger partial charge in [0, 0.05) is 63.7 Å². The molecule has 0 radical (unpaired) electrons. The second-order valence-corrected chi connectivity index (χ2v) is 20.0. The van der Waals surface area contributed by atoms with Crippen molar-refractivity contribution in [2.75, 3.05) is 60.5 Å². The van der Waals surface area contributed by atoms with Gasteiger partial charge in [-0.1, -0.05) is 0 Å². The zero-order valence-corrected chi connectivity index (χ0v) is 40.7. The lowest BCUT2D eigenvalue weighted by atomic mass is 9.93. The molecule has 69 heavy (non-hydrogen) atoms. The highest BCUT2D eigenvalue weighted by Gasteiger charge is 2.41. The van der Waals surface area contributed by atoms with Crippen LogP contribution in [0.25, 0.3) is 44.8 Å². The van der Waals surface area contributed by atoms with E-state index < -0.39 is 12.1 Å². The second-order valence-electron chi connectivity index (χ2n) is 19.3. The van der Waals surface area contributed by atoms with E-state index in [2.05, 4.69) is 41.0 Å². The van der Waals surface area contributed by atoms with Gasteiger partial charge >= 0.3 is 12.1 Å². The summed E-state index contributed by atoms with van der Waals surface area (Å²) in [5, 5.41) is 20.3. The van der Waals surface area contributed by atoms with Crippen LogP contribution in [0.15, 0.2) is 59.3 Å². The monoisotopic (exact) mass is 1000 g/mol. The number of hydrogen-bond donors (Lipinski definition) is 2. The Morgan fingerprint density at radius 3 is 1.90 bits per heavy atom. The van der Waals surface area contributed by atoms with E-state index in [9.17, 15) is 9.59 Å². The van der Waals surface area contributed by atoms with Crippen LogP contribution in [-0.2, 0) is 20.8 Å². The number of halogens is 1. The average molecular weight is 1000 g/mol. The van der Waals surface area contributed by atoms with E-state index in [1.807, 2.05) is 66.3 Å². The Hall–Kier alpha value is -5.96. The average Bonchev–Trinajstić information content (AvgIpc) is 3.72. The summed E-state index contributed by atoms with van der Waals surface area (Å²) in [6, 6.07) is 14.2. The summed E-state index contributed by atoms with van der Waals surface area (Å²) in [5.74, 6) is 2.83. The molecule has 0 spiro atoms. The fourth-order valence-electron chi connectivity index (χ4n) is 11.1. The maximum atomic E-state index is 14.4. The van der Waals surface area contributed by atoms with Gasteiger partial charge < -0.3 is 34.6 Å². The Labute approximate surface area is 408 Å². The third-order valence-corrected chi connectivity index (χ3v) is 15.3. The number of methoxy groups -OCH3 is 1. The number of nitrogens with zero attached hydrogens (tertiary/aromatic N) is 12. The first-order chi connectivity index (χ1) is 33.7. The number of hydrazine groups is 1. The quantitative estimate of drug-likeness (QED) is 0.127. The molecular weight excluding hydrogens is 945 g/mol. The summed E-state index contributed by atoms with van der Waals surface area (Å²) >= 11 is 3.70. The van der Waals surface area contributed by atoms with Gasteiger partial charge in [0.2, 0.25) is 0 Å². The lowest BCUT2D eigenvalue weighted by Gasteiger charge is -2.34. The molecule has 4 saturated heterocycles. The molecule has 4 aromatic heterocycles. The maximum absolute atomic E-state index is 14.4. The van der Waals surface area contributed by atoms with E-state index in [1.165, 1.54) is 10.0 Å². The molecule has 6 aromatic rings. The zero-order valence-electron chi connectivity index (χ0n) is 39.1. The number of benzene rings is 2. The number of rotatable bonds is 10. The lowest BCUT2D eigenvalue weighted by Crippen LogP contribution is -2.55. The van der Waals surface area contributed by atoms with Crippen molar-refractivity contribution in [3.8, 4) is 22.8 Å². The molecule has 20 heteroatoms. The molecule has 4 amide bonds. The van der Waals surface area contributed by atoms with Gasteiger partial charge in [-0.3, -0.25) is 0 Å². The first kappa shape index (κ1) is 44.3. The number of urea groups is 2. The second kappa shape index (κ2) is 18.1. The summed E-state index contributed by atoms with van der Waals surface area (Å²) in [5.41, 5.74) is 4.24. The molecule has 4 bridgehead atoms. The smallest absolute Gasteiger partial charge is 0.341 e. The van der Waals surface area contributed by atoms with Gasteiger partial charge in [0.1, 0.15) is 16.2 Å². The van der Waals surface area contributed by atoms with E-state index in [0.717, 1.165) is 135 Å². The number of carbonyl (C=O) groups excluding carboxylic acids is 2. The number of aromatic nitrogens is 8. The highest BCUT2D eigenvalue weighted by Crippen LogP contribution is 2.40. The van der Waals surface area contributed by atoms with E-state index in [-0.39, 0.29) is 42.6 Å². The van der Waals surface area contributed by atoms with E-state index >= 15 is 0 Å². The summed E-state index contributed by atoms with van der Waals surface area (Å²) < 4.78 is 22.7. The predicted molar refractivity (Wildman–Crippen MR) is 264 cm³/mol. The number of carbonyl (C=O) groups is 2. The van der Waals surface area contributed by atoms with Crippen LogP contribution in [0.5, 0.6) is 0 Å². The summed E-state index contributed by atoms with van der Waals surface area (Å²) in [7, 11) is 3.36. The van der Waals surface area contributed by atoms with Crippen molar-refractivity contribution in [1.82, 2.24) is 49.8 Å². The van der Waals surface area contributed by atoms with Gasteiger partial charge in [-0.2, -0.15) is 15.2 Å². The molecule has 4 aliphatic heterocycles. The van der Waals surface area contributed by atoms with Gasteiger partial charge in [-0.15, -0.1) is 0 Å². The molecule has 8 heterocycles. The van der Waals surface area contributed by atoms with Crippen LogP contribution in [-0.4, -0.2) is 133 Å². The molecule has 4 unspecified atom stereocenters. The molecule has 2 saturated carbocycles. The van der Waals surface area contributed by atoms with Crippen LogP contribution in [0.2, 0.25) is 0 Å². The minimum absolute atomic E-state index is 0.172. The highest BCUT2D eigenvalue weighted by molar-refractivity contribution is 9.10. The first-order valence-electron chi connectivity index (χ1n) is 24.6. The molecule has 6 fully saturated rings. The fourth-order valence-corrected chi connectivity index (χ4v) is 11.6. The molecule has 12 rings (SSSR count). The Morgan fingerprint density at radius 1 is 0.739 bits per heavy atom. The SMILES string of the molecule is CCn1nc(Br)c2c(N3CC4CCC(C3)O4)nc(-c3ccc(N(C(=O)NC)N(C(=O)Nc4ccc(-c5nc(N6CC7CCC(C6)O7)c6cnn(C7CCC(OC)CC7)c6n5)cc4)C4CC4)cc3)nc21. The largest absolute Gasteiger partial charge is 0.381 e. The number of anilines is 4. The summed E-state index contributed by atoms with van der Waals surface area (Å²) in [6.07, 6.45) is 12.5. The van der Waals surface area contributed by atoms with Gasteiger partial charge in [-0.05, 0) is 136 Å². The van der Waals surface area contributed by atoms with Crippen LogP contribution in [0.1, 0.15) is 77.2 Å². The Balaban J connectivity index is 0.814. The molecule has 2 aromatic carbocycles. The lowest BCUT2D eigenvalue weighted by molar-refractivity contribution is 0.0301. The summed E-state index contributed by atoms with van der Waals surface area (Å²) in [6.45, 7) is 5.74. The van der Waals surface area contributed by atoms with Crippen LogP contribution in [0.4, 0.5) is 32.6 Å². The van der Waals surface area contributed by atoms with Crippen molar-refractivity contribution >= 4 is 73.1 Å². The van der Waals surface area contributed by atoms with Crippen molar-refractivity contribution in [2.45, 2.75) is 120 Å². The van der Waals surface area contributed by atoms with Crippen LogP contribution in [0, 0.1) is 0 Å². The van der Waals surface area contributed by atoms with Crippen molar-refractivity contribution < 1.29 is 23.8 Å². The normalized spacial score (nSPS) is 24.3. The number of ether oxygens (including phenoxy) is 3. The first-order valence-corrected chi connectivity index (χ1v) is 25.4. The van der Waals surface area contributed by atoms with Gasteiger partial charge in [0.05, 0.1) is 65.3 Å². The number of nitrogens with one attached hydrogen (secondary N) is 2. The summed E-state index contributed by atoms with van der Waals surface area (Å²) in [4.78, 5) is 53.4. The van der Waals surface area contributed by atoms with Gasteiger partial charge in [-0.25, -0.2) is 43.9 Å². The van der Waals surface area contributed by atoms with Crippen LogP contribution in [0.3, 0.4) is 0 Å². The number of amides is 4. The van der Waals surface area contributed by atoms with Crippen molar-refractivity contribution in [2.24, 2.45) is 0 Å². The minimum Gasteiger partial charge on any atom is -0.381 e. The fraction of sp³-hybridized carbons (Fsp3) is 0.510. The van der Waals surface area contributed by atoms with Crippen molar-refractivity contribution in [3.63, 3.8) is 0 Å². The minimum atomic E-state index is -0.443. The van der Waals surface area contributed by atoms with Crippen molar-refractivity contribution in [3.05, 3.63) is 59.3 Å². The van der Waals surface area contributed by atoms with Gasteiger partial charge in [0.15, 0.2) is 22.9 Å². The molecule has 360 valence electrons. The number of fused-ring (bicyclic) bond motifs is 6. The molecular formula is C49H57BrN14O5. The van der Waals surface area contributed by atoms with E-state index in [4.69, 9.17) is 44.3 Å². The third-order valence-electron chi connectivity index (χ3n) is 14.8. The van der Waals surface area contributed by atoms with Crippen LogP contribution < -0.4 is 25.4 Å². The molecule has 19 nitrogen and oxygen atoms in total. The molecule has 2 N–H and O–H groups in total. The Kier molecular flexibility index (Phi) is 11.6. The number of morpholine rings is 2. The molecule has 4 atom stereocenters. The van der Waals surface area contributed by atoms with Crippen molar-refractivity contribution in [1.29, 1.82) is 0 Å². The number of hydrogen-bond acceptors (Lipinski definition) is 13. The molecule has 6 aliphatic rings. The number of aryl methyl sites for hydroxylation is 1. The van der Waals surface area contributed by atoms with E-state index in [1.54, 1.807) is 14.2 Å². The van der Waals surface area contributed by atoms with Crippen LogP contribution >= 0.6 is 15.9 Å². The maximum Gasteiger partial charge on any atom is 0.341 e. The highest BCUT2D eigenvalue weighted by atomic mass is 79.9. The third kappa shape index (κ3) is 8.31. The van der Waals surface area contributed by atoms with Gasteiger partial charge in [0.25, 0.3) is 0 Å². The topological polar surface area (TPSA) is 186 Å². The van der Waals surface area contributed by atoms with E-state index in [0.29, 0.717) is 34.2 Å². The predicted octanol–water partition coefficient (Wildman–Crippen LogP) is 7.71. The Morgan fingerprint density at radius 2 is 1.32 bits per heavy atom. The molecule has 2 aliphatic carbocycles. The zero-order chi connectivity index (χ0) is 46.9. The standard InChI is InChI=1S/C49H57BrN14O5/c1-4-61-47-40(41(50)58-61)46(60-26-37-21-22-38(27-60)69-37)56-43(57-47)29-7-11-32(12-8-29)63(48(65)51-2)64(33-13-14-33)49(66)53-30-9-5-28(6-10-30)42-54-44(59-24-35-19-20-36(25-59)68-35)39-23-52-62(45(39)55-42)31-15-17-34(67-3)18-16-31/h5-12,23,31,33-38H,4,13-22,24-27H2,1-3H3,(H,51,65)(H,53,66).